The molecule has 7 nitrogen and oxygen atoms in total. The zero-order valence-corrected chi connectivity index (χ0v) is 21.7. The zero-order valence-electron chi connectivity index (χ0n) is 21.7. The molecule has 3 N–H and O–H groups in total. The minimum atomic E-state index is -0.777. The lowest BCUT2D eigenvalue weighted by Crippen LogP contribution is -2.63. The molecule has 0 bridgehead atoms. The first-order valence-corrected chi connectivity index (χ1v) is 14.2. The average molecular weight is 499 g/mol. The van der Waals surface area contributed by atoms with Crippen molar-refractivity contribution < 1.29 is 19.4 Å². The van der Waals surface area contributed by atoms with E-state index >= 15 is 0 Å². The molecule has 1 aromatic heterocycles. The highest BCUT2D eigenvalue weighted by Gasteiger charge is 2.67. The summed E-state index contributed by atoms with van der Waals surface area (Å²) in [5.74, 6) is 2.06. The molecule has 9 atom stereocenters. The molecule has 0 aromatic carbocycles. The second-order valence-corrected chi connectivity index (χ2v) is 13.1. The van der Waals surface area contributed by atoms with E-state index in [0.717, 1.165) is 76.4 Å². The van der Waals surface area contributed by atoms with Crippen LogP contribution in [0.3, 0.4) is 0 Å². The third-order valence-electron chi connectivity index (χ3n) is 12.1. The summed E-state index contributed by atoms with van der Waals surface area (Å²) in [5.41, 5.74) is 0.0536. The Balaban J connectivity index is 1.23. The van der Waals surface area contributed by atoms with Crippen molar-refractivity contribution in [3.8, 4) is 0 Å². The summed E-state index contributed by atoms with van der Waals surface area (Å²) in [4.78, 5) is 25.1. The molecule has 7 heteroatoms. The second kappa shape index (κ2) is 8.59. The fourth-order valence-electron chi connectivity index (χ4n) is 10.1. The maximum absolute atomic E-state index is 12.4. The smallest absolute Gasteiger partial charge is 0.407 e. The van der Waals surface area contributed by atoms with E-state index in [2.05, 4.69) is 19.2 Å². The zero-order chi connectivity index (χ0) is 25.3. The molecule has 0 radical (unpaired) electrons. The molecular weight excluding hydrogens is 456 g/mol. The topological polar surface area (TPSA) is 103 Å². The molecule has 1 amide bonds. The van der Waals surface area contributed by atoms with Crippen LogP contribution in [0.5, 0.6) is 0 Å². The summed E-state index contributed by atoms with van der Waals surface area (Å²) in [6, 6.07) is 3.50. The van der Waals surface area contributed by atoms with Gasteiger partial charge in [0.05, 0.1) is 17.9 Å². The number of amides is 1. The largest absolute Gasteiger partial charge is 0.465 e. The highest BCUT2D eigenvalue weighted by molar-refractivity contribution is 5.65. The number of nitrogens with one attached hydrogen (secondary N) is 1. The lowest BCUT2D eigenvalue weighted by Gasteiger charge is -2.64. The molecule has 0 spiro atoms. The minimum absolute atomic E-state index is 0.0823. The third-order valence-corrected chi connectivity index (χ3v) is 12.1. The Kier molecular flexibility index (Phi) is 5.84. The van der Waals surface area contributed by atoms with E-state index in [1.165, 1.54) is 6.07 Å². The second-order valence-electron chi connectivity index (χ2n) is 13.1. The predicted molar refractivity (Wildman–Crippen MR) is 136 cm³/mol. The molecule has 1 unspecified atom stereocenters. The van der Waals surface area contributed by atoms with Crippen molar-refractivity contribution in [2.75, 3.05) is 19.6 Å². The van der Waals surface area contributed by atoms with Crippen molar-refractivity contribution in [3.05, 3.63) is 34.4 Å². The lowest BCUT2D eigenvalue weighted by atomic mass is 9.42. The van der Waals surface area contributed by atoms with Gasteiger partial charge in [-0.15, -0.1) is 0 Å². The number of hydrogen-bond acceptors (Lipinski definition) is 5. The van der Waals surface area contributed by atoms with Gasteiger partial charge < -0.3 is 24.8 Å². The maximum atomic E-state index is 12.4. The SMILES string of the molecule is C[C@]12CC[C@H](C3CNCCN3C(=O)O)C[C@H]1CC[C@@H]1[C@@H]2CC[C@]2(C)[C@@H](c3ccc(=O)oc3)CC[C@]12O. The monoisotopic (exact) mass is 498 g/mol. The average Bonchev–Trinajstić information content (AvgIpc) is 3.15. The fraction of sp³-hybridized carbons (Fsp3) is 0.793. The molecule has 2 heterocycles. The molecule has 198 valence electrons. The van der Waals surface area contributed by atoms with Gasteiger partial charge in [0.25, 0.3) is 0 Å². The summed E-state index contributed by atoms with van der Waals surface area (Å²) >= 11 is 0. The first-order valence-electron chi connectivity index (χ1n) is 14.2. The minimum Gasteiger partial charge on any atom is -0.465 e. The molecule has 6 rings (SSSR count). The Morgan fingerprint density at radius 1 is 1.08 bits per heavy atom. The van der Waals surface area contributed by atoms with Crippen LogP contribution in [0.25, 0.3) is 0 Å². The van der Waals surface area contributed by atoms with E-state index < -0.39 is 11.7 Å². The van der Waals surface area contributed by atoms with Gasteiger partial charge in [-0.1, -0.05) is 13.8 Å². The van der Waals surface area contributed by atoms with E-state index in [1.54, 1.807) is 11.2 Å². The molecular formula is C29H42N2O5. The number of carboxylic acid groups (broad SMARTS) is 1. The van der Waals surface area contributed by atoms with Gasteiger partial charge in [0.1, 0.15) is 0 Å². The van der Waals surface area contributed by atoms with Crippen LogP contribution >= 0.6 is 0 Å². The predicted octanol–water partition coefficient (Wildman–Crippen LogP) is 4.45. The Hall–Kier alpha value is -1.86. The van der Waals surface area contributed by atoms with Crippen LogP contribution in [-0.2, 0) is 0 Å². The van der Waals surface area contributed by atoms with Gasteiger partial charge in [0.2, 0.25) is 0 Å². The molecule has 4 aliphatic carbocycles. The van der Waals surface area contributed by atoms with Crippen LogP contribution in [0.15, 0.2) is 27.6 Å². The normalized spacial score (nSPS) is 46.5. The maximum Gasteiger partial charge on any atom is 0.407 e. The van der Waals surface area contributed by atoms with Crippen molar-refractivity contribution in [1.29, 1.82) is 0 Å². The fourth-order valence-corrected chi connectivity index (χ4v) is 10.1. The Morgan fingerprint density at radius 2 is 1.92 bits per heavy atom. The lowest BCUT2D eigenvalue weighted by molar-refractivity contribution is -0.204. The van der Waals surface area contributed by atoms with Crippen LogP contribution in [0.1, 0.15) is 83.1 Å². The van der Waals surface area contributed by atoms with E-state index in [4.69, 9.17) is 4.42 Å². The van der Waals surface area contributed by atoms with Crippen molar-refractivity contribution in [2.45, 2.75) is 89.2 Å². The highest BCUT2D eigenvalue weighted by Crippen LogP contribution is 2.70. The van der Waals surface area contributed by atoms with Crippen molar-refractivity contribution >= 4 is 6.09 Å². The molecule has 5 aliphatic rings. The van der Waals surface area contributed by atoms with Gasteiger partial charge in [-0.05, 0) is 104 Å². The summed E-state index contributed by atoms with van der Waals surface area (Å²) in [7, 11) is 0. The van der Waals surface area contributed by atoms with Gasteiger partial charge >= 0.3 is 11.7 Å². The van der Waals surface area contributed by atoms with Crippen molar-refractivity contribution in [2.24, 2.45) is 34.5 Å². The van der Waals surface area contributed by atoms with Crippen LogP contribution in [0.2, 0.25) is 0 Å². The van der Waals surface area contributed by atoms with Gasteiger partial charge in [-0.3, -0.25) is 0 Å². The van der Waals surface area contributed by atoms with Crippen molar-refractivity contribution in [1.82, 2.24) is 10.2 Å². The Morgan fingerprint density at radius 3 is 2.67 bits per heavy atom. The first-order chi connectivity index (χ1) is 17.2. The number of aliphatic hydroxyl groups is 1. The van der Waals surface area contributed by atoms with Crippen LogP contribution in [0.4, 0.5) is 4.79 Å². The summed E-state index contributed by atoms with van der Waals surface area (Å²) in [6.07, 6.45) is 10.2. The number of carbonyl (C=O) groups is 1. The van der Waals surface area contributed by atoms with Crippen LogP contribution < -0.4 is 10.9 Å². The summed E-state index contributed by atoms with van der Waals surface area (Å²) in [5, 5.41) is 25.7. The van der Waals surface area contributed by atoms with E-state index in [9.17, 15) is 19.8 Å². The van der Waals surface area contributed by atoms with E-state index in [-0.39, 0.29) is 28.4 Å². The first kappa shape index (κ1) is 24.5. The number of nitrogens with zero attached hydrogens (tertiary/aromatic N) is 1. The quantitative estimate of drug-likeness (QED) is 0.557. The van der Waals surface area contributed by atoms with Gasteiger partial charge in [-0.2, -0.15) is 0 Å². The van der Waals surface area contributed by atoms with Crippen LogP contribution in [0, 0.1) is 34.5 Å². The van der Waals surface area contributed by atoms with Gasteiger partial charge in [0.15, 0.2) is 0 Å². The Labute approximate surface area is 213 Å². The molecule has 1 saturated heterocycles. The van der Waals surface area contributed by atoms with Crippen molar-refractivity contribution in [3.63, 3.8) is 0 Å². The number of piperazine rings is 1. The van der Waals surface area contributed by atoms with E-state index in [0.29, 0.717) is 30.2 Å². The number of fused-ring (bicyclic) bond motifs is 5. The summed E-state index contributed by atoms with van der Waals surface area (Å²) in [6.45, 7) is 6.87. The van der Waals surface area contributed by atoms with Gasteiger partial charge in [-0.25, -0.2) is 9.59 Å². The standard InChI is InChI=1S/C29H42N2O5/c1-27-10-7-18(24-16-30-13-14-31(24)26(33)34)15-20(27)4-5-23-22(27)8-11-28(2)21(9-12-29(23,28)35)19-3-6-25(32)36-17-19/h3,6,17-18,20-24,30,35H,4-5,7-16H2,1-2H3,(H,33,34)/t18-,20+,21+,22-,23+,24?,27-,28+,29-/m0/s1. The number of rotatable bonds is 2. The molecule has 1 aromatic rings. The molecule has 1 aliphatic heterocycles. The molecule has 4 saturated carbocycles. The molecule has 36 heavy (non-hydrogen) atoms. The van der Waals surface area contributed by atoms with Gasteiger partial charge in [0, 0.05) is 31.1 Å². The molecule has 5 fully saturated rings. The summed E-state index contributed by atoms with van der Waals surface area (Å²) < 4.78 is 5.22. The highest BCUT2D eigenvalue weighted by atomic mass is 16.4. The van der Waals surface area contributed by atoms with E-state index in [1.807, 2.05) is 6.07 Å². The number of hydrogen-bond donors (Lipinski definition) is 3. The third kappa shape index (κ3) is 3.44. The Bertz CT molecular complexity index is 1050. The van der Waals surface area contributed by atoms with Crippen LogP contribution in [-0.4, -0.2) is 52.5 Å².